The minimum Gasteiger partial charge on any atom is -0.377 e. The summed E-state index contributed by atoms with van der Waals surface area (Å²) in [7, 11) is 0. The maximum absolute atomic E-state index is 11.9. The molecule has 0 spiro atoms. The molecule has 0 bridgehead atoms. The third-order valence-corrected chi connectivity index (χ3v) is 4.20. The van der Waals surface area contributed by atoms with Crippen LogP contribution in [0.1, 0.15) is 12.8 Å². The number of piperazine rings is 1. The first kappa shape index (κ1) is 11.4. The van der Waals surface area contributed by atoms with E-state index in [0.29, 0.717) is 31.0 Å². The summed E-state index contributed by atoms with van der Waals surface area (Å²) in [6.07, 6.45) is 1.72. The van der Waals surface area contributed by atoms with Crippen molar-refractivity contribution in [1.82, 2.24) is 15.1 Å². The van der Waals surface area contributed by atoms with Crippen molar-refractivity contribution >= 4 is 5.91 Å². The highest BCUT2D eigenvalue weighted by atomic mass is 16.5. The van der Waals surface area contributed by atoms with Gasteiger partial charge in [-0.2, -0.15) is 0 Å². The molecule has 3 aliphatic heterocycles. The van der Waals surface area contributed by atoms with Crippen molar-refractivity contribution in [3.63, 3.8) is 0 Å². The minimum atomic E-state index is 0.295. The van der Waals surface area contributed by atoms with Gasteiger partial charge < -0.3 is 15.0 Å². The number of hydrogen-bond acceptors (Lipinski definition) is 4. The number of amides is 1. The van der Waals surface area contributed by atoms with Crippen LogP contribution in [0.15, 0.2) is 0 Å². The zero-order valence-corrected chi connectivity index (χ0v) is 10.2. The maximum Gasteiger partial charge on any atom is 0.223 e. The van der Waals surface area contributed by atoms with Crippen LogP contribution in [0.3, 0.4) is 0 Å². The Morgan fingerprint density at radius 3 is 2.82 bits per heavy atom. The molecule has 3 aliphatic rings. The van der Waals surface area contributed by atoms with E-state index in [1.165, 1.54) is 0 Å². The van der Waals surface area contributed by atoms with Crippen molar-refractivity contribution in [3.05, 3.63) is 0 Å². The summed E-state index contributed by atoms with van der Waals surface area (Å²) in [5, 5.41) is 3.38. The average Bonchev–Trinajstić information content (AvgIpc) is 2.41. The van der Waals surface area contributed by atoms with Gasteiger partial charge in [0, 0.05) is 45.2 Å². The molecule has 17 heavy (non-hydrogen) atoms. The SMILES string of the molecule is O=C1CCC(N2CCNCC2)C2COCCN12. The molecular weight excluding hydrogens is 218 g/mol. The van der Waals surface area contributed by atoms with Gasteiger partial charge in [0.05, 0.1) is 19.3 Å². The molecule has 3 fully saturated rings. The number of nitrogens with zero attached hydrogens (tertiary/aromatic N) is 2. The summed E-state index contributed by atoms with van der Waals surface area (Å²) < 4.78 is 5.57. The molecular formula is C12H21N3O2. The lowest BCUT2D eigenvalue weighted by molar-refractivity contribution is -0.149. The largest absolute Gasteiger partial charge is 0.377 e. The topological polar surface area (TPSA) is 44.8 Å². The van der Waals surface area contributed by atoms with Gasteiger partial charge in [-0.05, 0) is 6.42 Å². The summed E-state index contributed by atoms with van der Waals surface area (Å²) in [4.78, 5) is 16.5. The number of ether oxygens (including phenoxy) is 1. The molecule has 1 amide bonds. The Bertz CT molecular complexity index is 291. The Morgan fingerprint density at radius 2 is 2.00 bits per heavy atom. The van der Waals surface area contributed by atoms with E-state index in [4.69, 9.17) is 4.74 Å². The highest BCUT2D eigenvalue weighted by Gasteiger charge is 2.40. The Hall–Kier alpha value is -0.650. The van der Waals surface area contributed by atoms with E-state index >= 15 is 0 Å². The van der Waals surface area contributed by atoms with Gasteiger partial charge in [0.1, 0.15) is 0 Å². The molecule has 3 saturated heterocycles. The standard InChI is InChI=1S/C12H21N3O2/c16-12-2-1-10(14-5-3-13-4-6-14)11-9-17-8-7-15(11)12/h10-11,13H,1-9H2. The van der Waals surface area contributed by atoms with Gasteiger partial charge in [0.15, 0.2) is 0 Å². The third kappa shape index (κ3) is 2.19. The van der Waals surface area contributed by atoms with E-state index in [2.05, 4.69) is 15.1 Å². The molecule has 0 aromatic heterocycles. The van der Waals surface area contributed by atoms with Crippen LogP contribution in [0.2, 0.25) is 0 Å². The lowest BCUT2D eigenvalue weighted by Crippen LogP contribution is -2.63. The first-order chi connectivity index (χ1) is 8.36. The monoisotopic (exact) mass is 239 g/mol. The van der Waals surface area contributed by atoms with Gasteiger partial charge in [-0.25, -0.2) is 0 Å². The number of fused-ring (bicyclic) bond motifs is 1. The smallest absolute Gasteiger partial charge is 0.223 e. The summed E-state index contributed by atoms with van der Waals surface area (Å²) in [5.41, 5.74) is 0. The number of nitrogens with one attached hydrogen (secondary N) is 1. The van der Waals surface area contributed by atoms with Crippen LogP contribution in [0.25, 0.3) is 0 Å². The van der Waals surface area contributed by atoms with Crippen molar-refractivity contribution in [3.8, 4) is 0 Å². The average molecular weight is 239 g/mol. The van der Waals surface area contributed by atoms with Crippen LogP contribution >= 0.6 is 0 Å². The van der Waals surface area contributed by atoms with Crippen molar-refractivity contribution in [1.29, 1.82) is 0 Å². The highest BCUT2D eigenvalue weighted by Crippen LogP contribution is 2.25. The van der Waals surface area contributed by atoms with Crippen LogP contribution in [0, 0.1) is 0 Å². The molecule has 0 aromatic carbocycles. The molecule has 5 heteroatoms. The molecule has 0 aromatic rings. The van der Waals surface area contributed by atoms with E-state index in [9.17, 15) is 4.79 Å². The van der Waals surface area contributed by atoms with Gasteiger partial charge in [-0.3, -0.25) is 9.69 Å². The van der Waals surface area contributed by atoms with Gasteiger partial charge in [0.25, 0.3) is 0 Å². The normalized spacial score (nSPS) is 35.8. The predicted octanol–water partition coefficient (Wildman–Crippen LogP) is -0.719. The number of piperidine rings is 1. The Balaban J connectivity index is 1.72. The predicted molar refractivity (Wildman–Crippen MR) is 63.8 cm³/mol. The molecule has 2 unspecified atom stereocenters. The Kier molecular flexibility index (Phi) is 3.31. The fraction of sp³-hybridized carbons (Fsp3) is 0.917. The zero-order valence-electron chi connectivity index (χ0n) is 10.2. The van der Waals surface area contributed by atoms with Crippen molar-refractivity contribution in [2.75, 3.05) is 45.9 Å². The molecule has 2 atom stereocenters. The van der Waals surface area contributed by atoms with Crippen molar-refractivity contribution in [2.24, 2.45) is 0 Å². The van der Waals surface area contributed by atoms with E-state index < -0.39 is 0 Å². The molecule has 0 saturated carbocycles. The fourth-order valence-corrected chi connectivity index (χ4v) is 3.30. The number of carbonyl (C=O) groups excluding carboxylic acids is 1. The Morgan fingerprint density at radius 1 is 1.18 bits per heavy atom. The summed E-state index contributed by atoms with van der Waals surface area (Å²) in [6, 6.07) is 0.804. The van der Waals surface area contributed by atoms with Gasteiger partial charge in [-0.15, -0.1) is 0 Å². The zero-order chi connectivity index (χ0) is 11.7. The quantitative estimate of drug-likeness (QED) is 0.656. The number of morpholine rings is 1. The van der Waals surface area contributed by atoms with Crippen LogP contribution < -0.4 is 5.32 Å². The van der Waals surface area contributed by atoms with Crippen molar-refractivity contribution in [2.45, 2.75) is 24.9 Å². The molecule has 3 heterocycles. The van der Waals surface area contributed by atoms with Crippen LogP contribution in [0.4, 0.5) is 0 Å². The molecule has 5 nitrogen and oxygen atoms in total. The molecule has 0 aliphatic carbocycles. The number of rotatable bonds is 1. The lowest BCUT2D eigenvalue weighted by atomic mass is 9.93. The first-order valence-electron chi connectivity index (χ1n) is 6.68. The van der Waals surface area contributed by atoms with E-state index in [1.54, 1.807) is 0 Å². The van der Waals surface area contributed by atoms with Gasteiger partial charge >= 0.3 is 0 Å². The second-order valence-corrected chi connectivity index (χ2v) is 5.12. The summed E-state index contributed by atoms with van der Waals surface area (Å²) >= 11 is 0. The van der Waals surface area contributed by atoms with Gasteiger partial charge in [-0.1, -0.05) is 0 Å². The highest BCUT2D eigenvalue weighted by molar-refractivity contribution is 5.77. The minimum absolute atomic E-state index is 0.295. The van der Waals surface area contributed by atoms with E-state index in [0.717, 1.165) is 45.8 Å². The molecule has 3 rings (SSSR count). The first-order valence-corrected chi connectivity index (χ1v) is 6.68. The second kappa shape index (κ2) is 4.92. The number of carbonyl (C=O) groups is 1. The fourth-order valence-electron chi connectivity index (χ4n) is 3.30. The van der Waals surface area contributed by atoms with Crippen LogP contribution in [-0.2, 0) is 9.53 Å². The molecule has 96 valence electrons. The Labute approximate surface area is 102 Å². The van der Waals surface area contributed by atoms with E-state index in [-0.39, 0.29) is 0 Å². The van der Waals surface area contributed by atoms with Crippen molar-refractivity contribution < 1.29 is 9.53 Å². The summed E-state index contributed by atoms with van der Waals surface area (Å²) in [6.45, 7) is 6.55. The summed E-state index contributed by atoms with van der Waals surface area (Å²) in [5.74, 6) is 0.324. The van der Waals surface area contributed by atoms with Crippen LogP contribution in [0.5, 0.6) is 0 Å². The van der Waals surface area contributed by atoms with Gasteiger partial charge in [0.2, 0.25) is 5.91 Å². The molecule has 1 N–H and O–H groups in total. The second-order valence-electron chi connectivity index (χ2n) is 5.12. The molecule has 0 radical (unpaired) electrons. The number of hydrogen-bond donors (Lipinski definition) is 1. The third-order valence-electron chi connectivity index (χ3n) is 4.20. The lowest BCUT2D eigenvalue weighted by Gasteiger charge is -2.48. The van der Waals surface area contributed by atoms with E-state index in [1.807, 2.05) is 0 Å². The van der Waals surface area contributed by atoms with Crippen LogP contribution in [-0.4, -0.2) is 73.7 Å². The maximum atomic E-state index is 11.9.